The molecule has 7 heteroatoms. The van der Waals surface area contributed by atoms with E-state index in [-0.39, 0.29) is 17.5 Å². The van der Waals surface area contributed by atoms with Crippen LogP contribution in [0.25, 0.3) is 83.5 Å². The van der Waals surface area contributed by atoms with Gasteiger partial charge < -0.3 is 9.80 Å². The lowest BCUT2D eigenvalue weighted by Gasteiger charge is -2.42. The van der Waals surface area contributed by atoms with E-state index in [0.717, 1.165) is 0 Å². The standard InChI is InChI=1S/C70H53BN2S4/c1-69(2,3)48-30-34-60-52(40-48)64-67(76-60)72(54-32-28-46(36-50(54)42-18-9-7-10-19-42)62-38-44-22-13-15-26-58(44)74-62)56-24-17-25-57-66(56)71(64)65-53-41-49(70(4,5)6)31-35-61(53)77-68(65)73(57)55-33-29-47(37-51(55)43-20-11-8-12-21-43)63-39-45-23-14-16-27-59(45)75-63/h7-41H,1-6H3. The molecule has 0 saturated heterocycles. The van der Waals surface area contributed by atoms with E-state index in [1.54, 1.807) is 0 Å². The summed E-state index contributed by atoms with van der Waals surface area (Å²) in [5, 5.41) is 7.83. The zero-order chi connectivity index (χ0) is 51.9. The zero-order valence-electron chi connectivity index (χ0n) is 43.8. The van der Waals surface area contributed by atoms with Crippen molar-refractivity contribution in [3.05, 3.63) is 223 Å². The molecule has 370 valence electrons. The third-order valence-electron chi connectivity index (χ3n) is 16.0. The fraction of sp³-hybridized carbons (Fsp3) is 0.114. The van der Waals surface area contributed by atoms with E-state index in [9.17, 15) is 0 Å². The molecule has 2 nitrogen and oxygen atoms in total. The smallest absolute Gasteiger partial charge is 0.256 e. The molecular weight excluding hydrogens is 1010 g/mol. The van der Waals surface area contributed by atoms with Gasteiger partial charge in [-0.05, 0) is 155 Å². The molecule has 0 unspecified atom stereocenters. The summed E-state index contributed by atoms with van der Waals surface area (Å²) in [6.45, 7) is 14.1. The van der Waals surface area contributed by atoms with Gasteiger partial charge in [0.1, 0.15) is 0 Å². The summed E-state index contributed by atoms with van der Waals surface area (Å²) < 4.78 is 5.24. The van der Waals surface area contributed by atoms with Crippen molar-refractivity contribution in [1.82, 2.24) is 0 Å². The number of nitrogens with zero attached hydrogens (tertiary/aromatic N) is 2. The normalized spacial score (nSPS) is 13.2. The Balaban J connectivity index is 1.04. The van der Waals surface area contributed by atoms with E-state index in [1.165, 1.54) is 144 Å². The van der Waals surface area contributed by atoms with Crippen LogP contribution in [-0.2, 0) is 10.8 Å². The number of thiophene rings is 4. The molecule has 0 saturated carbocycles. The van der Waals surface area contributed by atoms with Crippen LogP contribution in [0, 0.1) is 0 Å². The van der Waals surface area contributed by atoms with Crippen molar-refractivity contribution < 1.29 is 0 Å². The van der Waals surface area contributed by atoms with Crippen LogP contribution < -0.4 is 26.2 Å². The Kier molecular flexibility index (Phi) is 10.6. The monoisotopic (exact) mass is 1060 g/mol. The van der Waals surface area contributed by atoms with E-state index in [0.29, 0.717) is 0 Å². The number of hydrogen-bond acceptors (Lipinski definition) is 6. The lowest BCUT2D eigenvalue weighted by atomic mass is 9.33. The van der Waals surface area contributed by atoms with Crippen LogP contribution in [0.5, 0.6) is 0 Å². The van der Waals surface area contributed by atoms with Crippen molar-refractivity contribution in [2.45, 2.75) is 52.4 Å². The molecule has 4 aromatic heterocycles. The summed E-state index contributed by atoms with van der Waals surface area (Å²) in [6, 6.07) is 80.7. The maximum absolute atomic E-state index is 2.66. The second-order valence-electron chi connectivity index (χ2n) is 22.9. The number of rotatable bonds is 6. The molecule has 0 aliphatic carbocycles. The molecule has 2 aliphatic heterocycles. The van der Waals surface area contributed by atoms with Gasteiger partial charge in [0.2, 0.25) is 0 Å². The first-order chi connectivity index (χ1) is 37.4. The molecule has 0 fully saturated rings. The van der Waals surface area contributed by atoms with Gasteiger partial charge in [0, 0.05) is 51.1 Å². The lowest BCUT2D eigenvalue weighted by molar-refractivity contribution is 0.591. The molecule has 0 spiro atoms. The van der Waals surface area contributed by atoms with Crippen LogP contribution in [0.1, 0.15) is 52.7 Å². The second kappa shape index (κ2) is 17.5. The van der Waals surface area contributed by atoms with Gasteiger partial charge in [-0.1, -0.05) is 181 Å². The van der Waals surface area contributed by atoms with Crippen LogP contribution in [0.3, 0.4) is 0 Å². The van der Waals surface area contributed by atoms with Crippen LogP contribution >= 0.6 is 45.3 Å². The van der Waals surface area contributed by atoms with E-state index in [1.807, 2.05) is 45.3 Å². The molecule has 15 rings (SSSR count). The van der Waals surface area contributed by atoms with Crippen LogP contribution in [0.4, 0.5) is 32.8 Å². The van der Waals surface area contributed by atoms with Gasteiger partial charge in [-0.2, -0.15) is 0 Å². The zero-order valence-corrected chi connectivity index (χ0v) is 47.1. The minimum Gasteiger partial charge on any atom is -0.302 e. The second-order valence-corrected chi connectivity index (χ2v) is 27.1. The Morgan fingerprint density at radius 2 is 0.753 bits per heavy atom. The van der Waals surface area contributed by atoms with Gasteiger partial charge in [0.05, 0.1) is 21.4 Å². The highest BCUT2D eigenvalue weighted by Gasteiger charge is 2.47. The largest absolute Gasteiger partial charge is 0.302 e. The van der Waals surface area contributed by atoms with Gasteiger partial charge in [0.25, 0.3) is 6.71 Å². The van der Waals surface area contributed by atoms with E-state index in [4.69, 9.17) is 0 Å². The highest BCUT2D eigenvalue weighted by atomic mass is 32.1. The summed E-state index contributed by atoms with van der Waals surface area (Å²) in [7, 11) is 0. The van der Waals surface area contributed by atoms with Crippen molar-refractivity contribution in [2.75, 3.05) is 9.80 Å². The molecule has 0 bridgehead atoms. The van der Waals surface area contributed by atoms with Crippen molar-refractivity contribution >= 4 is 142 Å². The van der Waals surface area contributed by atoms with E-state index in [2.05, 4.69) is 264 Å². The summed E-state index contributed by atoms with van der Waals surface area (Å²) >= 11 is 7.64. The molecule has 0 atom stereocenters. The maximum Gasteiger partial charge on any atom is 0.256 e. The minimum atomic E-state index is -0.0392. The molecule has 2 aliphatic rings. The average Bonchev–Trinajstić information content (AvgIpc) is 4.42. The van der Waals surface area contributed by atoms with Crippen molar-refractivity contribution in [3.8, 4) is 43.1 Å². The number of hydrogen-bond donors (Lipinski definition) is 0. The van der Waals surface area contributed by atoms with Crippen LogP contribution in [0.15, 0.2) is 212 Å². The van der Waals surface area contributed by atoms with Gasteiger partial charge in [-0.3, -0.25) is 0 Å². The Labute approximate surface area is 466 Å². The minimum absolute atomic E-state index is 0.0373. The van der Waals surface area contributed by atoms with Gasteiger partial charge in [-0.25, -0.2) is 0 Å². The van der Waals surface area contributed by atoms with Gasteiger partial charge in [-0.15, -0.1) is 45.3 Å². The summed E-state index contributed by atoms with van der Waals surface area (Å²) in [5.41, 5.74) is 18.8. The van der Waals surface area contributed by atoms with E-state index < -0.39 is 0 Å². The third-order valence-corrected chi connectivity index (χ3v) is 20.7. The predicted molar refractivity (Wildman–Crippen MR) is 341 cm³/mol. The molecule has 0 radical (unpaired) electrons. The molecule has 77 heavy (non-hydrogen) atoms. The van der Waals surface area contributed by atoms with Crippen LogP contribution in [-0.4, -0.2) is 6.71 Å². The SMILES string of the molecule is CC(C)(C)c1ccc2sc3c(c2c1)B1c2c(cccc2N(c2ccc(-c4cc5ccccc5s4)cc2-c2ccccc2)c2sc4ccc(C(C)(C)C)cc4c21)N3c1ccc(-c2cc3ccccc3s2)cc1-c1ccccc1. The number of fused-ring (bicyclic) bond motifs is 10. The van der Waals surface area contributed by atoms with Crippen LogP contribution in [0.2, 0.25) is 0 Å². The number of benzene rings is 9. The summed E-state index contributed by atoms with van der Waals surface area (Å²) in [4.78, 5) is 7.87. The molecule has 0 amide bonds. The Morgan fingerprint density at radius 3 is 1.18 bits per heavy atom. The van der Waals surface area contributed by atoms with Crippen molar-refractivity contribution in [3.63, 3.8) is 0 Å². The fourth-order valence-electron chi connectivity index (χ4n) is 12.1. The first kappa shape index (κ1) is 46.8. The molecule has 0 N–H and O–H groups in total. The average molecular weight is 1060 g/mol. The predicted octanol–water partition coefficient (Wildman–Crippen LogP) is 19.9. The number of anilines is 6. The third kappa shape index (κ3) is 7.53. The van der Waals surface area contributed by atoms with Gasteiger partial charge >= 0.3 is 0 Å². The quantitative estimate of drug-likeness (QED) is 0.153. The highest BCUT2D eigenvalue weighted by molar-refractivity contribution is 7.29. The van der Waals surface area contributed by atoms with E-state index >= 15 is 0 Å². The first-order valence-electron chi connectivity index (χ1n) is 26.7. The Bertz CT molecular complexity index is 4150. The lowest BCUT2D eigenvalue weighted by Crippen LogP contribution is -2.60. The summed E-state index contributed by atoms with van der Waals surface area (Å²) in [6.07, 6.45) is 0. The molecule has 13 aromatic rings. The molecular formula is C70H53BN2S4. The molecule has 6 heterocycles. The molecule has 9 aromatic carbocycles. The Morgan fingerprint density at radius 1 is 0.325 bits per heavy atom. The fourth-order valence-corrected chi connectivity index (χ4v) is 16.7. The van der Waals surface area contributed by atoms with Crippen molar-refractivity contribution in [1.29, 1.82) is 0 Å². The Hall–Kier alpha value is -7.52. The topological polar surface area (TPSA) is 6.48 Å². The highest BCUT2D eigenvalue weighted by Crippen LogP contribution is 2.54. The summed E-state index contributed by atoms with van der Waals surface area (Å²) in [5.74, 6) is 0. The first-order valence-corrected chi connectivity index (χ1v) is 29.9. The van der Waals surface area contributed by atoms with Crippen molar-refractivity contribution in [2.24, 2.45) is 0 Å². The maximum atomic E-state index is 2.66. The van der Waals surface area contributed by atoms with Gasteiger partial charge in [0.15, 0.2) is 0 Å².